The van der Waals surface area contributed by atoms with Crippen LogP contribution in [0.25, 0.3) is 0 Å². The molecule has 0 bridgehead atoms. The molecule has 1 aliphatic carbocycles. The molecule has 2 aromatic rings. The van der Waals surface area contributed by atoms with Gasteiger partial charge in [0.25, 0.3) is 0 Å². The van der Waals surface area contributed by atoms with Gasteiger partial charge in [-0.2, -0.15) is 0 Å². The lowest BCUT2D eigenvalue weighted by Gasteiger charge is -2.27. The van der Waals surface area contributed by atoms with Gasteiger partial charge in [0.1, 0.15) is 11.5 Å². The van der Waals surface area contributed by atoms with Crippen LogP contribution in [0, 0.1) is 17.8 Å². The minimum absolute atomic E-state index is 0.0847. The fourth-order valence-corrected chi connectivity index (χ4v) is 4.68. The summed E-state index contributed by atoms with van der Waals surface area (Å²) in [4.78, 5) is 15.5. The highest BCUT2D eigenvalue weighted by atomic mass is 16.5. The predicted octanol–water partition coefficient (Wildman–Crippen LogP) is 2.85. The lowest BCUT2D eigenvalue weighted by Crippen LogP contribution is -2.34. The Kier molecular flexibility index (Phi) is 3.35. The SMILES string of the molecule is CN1C[C@@H]2[C@@H](CNC(=O)C3c4ccccc4Oc4ccccc43)[C@@H]2C1. The van der Waals surface area contributed by atoms with Crippen LogP contribution in [0.15, 0.2) is 48.5 Å². The van der Waals surface area contributed by atoms with Gasteiger partial charge in [0.15, 0.2) is 0 Å². The molecule has 1 saturated heterocycles. The molecule has 2 aromatic carbocycles. The van der Waals surface area contributed by atoms with Crippen molar-refractivity contribution in [1.82, 2.24) is 10.2 Å². The lowest BCUT2D eigenvalue weighted by molar-refractivity contribution is -0.121. The van der Waals surface area contributed by atoms with Crippen molar-refractivity contribution >= 4 is 5.91 Å². The molecule has 1 N–H and O–H groups in total. The summed E-state index contributed by atoms with van der Waals surface area (Å²) in [7, 11) is 2.18. The minimum atomic E-state index is -0.289. The van der Waals surface area contributed by atoms with Crippen LogP contribution >= 0.6 is 0 Å². The van der Waals surface area contributed by atoms with Crippen LogP contribution in [0.3, 0.4) is 0 Å². The highest BCUT2D eigenvalue weighted by Gasteiger charge is 2.54. The van der Waals surface area contributed by atoms with E-state index in [1.54, 1.807) is 0 Å². The van der Waals surface area contributed by atoms with Crippen molar-refractivity contribution in [3.8, 4) is 11.5 Å². The van der Waals surface area contributed by atoms with Crippen LogP contribution in [0.4, 0.5) is 0 Å². The largest absolute Gasteiger partial charge is 0.457 e. The fourth-order valence-electron chi connectivity index (χ4n) is 4.68. The van der Waals surface area contributed by atoms with E-state index in [1.807, 2.05) is 48.5 Å². The second-order valence-electron chi connectivity index (χ2n) is 7.57. The summed E-state index contributed by atoms with van der Waals surface area (Å²) < 4.78 is 5.98. The zero-order chi connectivity index (χ0) is 17.0. The number of amides is 1. The molecule has 5 rings (SSSR count). The first-order valence-electron chi connectivity index (χ1n) is 9.04. The number of rotatable bonds is 3. The number of fused-ring (bicyclic) bond motifs is 3. The predicted molar refractivity (Wildman–Crippen MR) is 95.8 cm³/mol. The van der Waals surface area contributed by atoms with E-state index in [4.69, 9.17) is 4.74 Å². The maximum Gasteiger partial charge on any atom is 0.232 e. The second kappa shape index (κ2) is 5.60. The van der Waals surface area contributed by atoms with Crippen molar-refractivity contribution in [3.63, 3.8) is 0 Å². The third-order valence-electron chi connectivity index (χ3n) is 6.01. The number of piperidine rings is 1. The number of para-hydroxylation sites is 2. The van der Waals surface area contributed by atoms with E-state index < -0.39 is 0 Å². The fraction of sp³-hybridized carbons (Fsp3) is 0.381. The highest BCUT2D eigenvalue weighted by Crippen LogP contribution is 2.51. The Morgan fingerprint density at radius 3 is 2.20 bits per heavy atom. The molecule has 1 amide bonds. The monoisotopic (exact) mass is 334 g/mol. The quantitative estimate of drug-likeness (QED) is 0.938. The molecule has 1 saturated carbocycles. The van der Waals surface area contributed by atoms with Crippen molar-refractivity contribution in [2.24, 2.45) is 17.8 Å². The average molecular weight is 334 g/mol. The van der Waals surface area contributed by atoms with Gasteiger partial charge in [-0.15, -0.1) is 0 Å². The highest BCUT2D eigenvalue weighted by molar-refractivity contribution is 5.89. The molecule has 0 unspecified atom stereocenters. The van der Waals surface area contributed by atoms with Gasteiger partial charge < -0.3 is 15.0 Å². The number of carbonyl (C=O) groups excluding carboxylic acids is 1. The number of nitrogens with zero attached hydrogens (tertiary/aromatic N) is 1. The molecule has 0 aromatic heterocycles. The number of carbonyl (C=O) groups is 1. The Hall–Kier alpha value is -2.33. The summed E-state index contributed by atoms with van der Waals surface area (Å²) in [6, 6.07) is 15.7. The molecule has 3 aliphatic rings. The van der Waals surface area contributed by atoms with Crippen molar-refractivity contribution in [3.05, 3.63) is 59.7 Å². The van der Waals surface area contributed by atoms with Gasteiger partial charge in [-0.3, -0.25) is 4.79 Å². The van der Waals surface area contributed by atoms with Gasteiger partial charge in [0.2, 0.25) is 5.91 Å². The van der Waals surface area contributed by atoms with Crippen LogP contribution in [0.1, 0.15) is 17.0 Å². The number of ether oxygens (including phenoxy) is 1. The van der Waals surface area contributed by atoms with Crippen LogP contribution in [0.5, 0.6) is 11.5 Å². The van der Waals surface area contributed by atoms with E-state index in [1.165, 1.54) is 13.1 Å². The van der Waals surface area contributed by atoms with E-state index in [0.29, 0.717) is 5.92 Å². The number of benzene rings is 2. The average Bonchev–Trinajstić information content (AvgIpc) is 3.10. The van der Waals surface area contributed by atoms with Crippen molar-refractivity contribution in [2.45, 2.75) is 5.92 Å². The third-order valence-corrected chi connectivity index (χ3v) is 6.01. The zero-order valence-corrected chi connectivity index (χ0v) is 14.3. The number of nitrogens with one attached hydrogen (secondary N) is 1. The molecule has 25 heavy (non-hydrogen) atoms. The van der Waals surface area contributed by atoms with Gasteiger partial charge >= 0.3 is 0 Å². The Morgan fingerprint density at radius 2 is 1.60 bits per heavy atom. The number of likely N-dealkylation sites (tertiary alicyclic amines) is 1. The standard InChI is InChI=1S/C21H22N2O2/c1-23-11-16-15(17(16)12-23)10-22-21(24)20-13-6-2-4-8-18(13)25-19-9-5-3-7-14(19)20/h2-9,15-17,20H,10-12H2,1H3,(H,22,24)/t15-,16-,17+. The summed E-state index contributed by atoms with van der Waals surface area (Å²) in [6.07, 6.45) is 0. The molecule has 4 heteroatoms. The normalized spacial score (nSPS) is 27.0. The van der Waals surface area contributed by atoms with E-state index in [9.17, 15) is 4.79 Å². The third kappa shape index (κ3) is 2.44. The molecule has 0 radical (unpaired) electrons. The molecule has 2 aliphatic heterocycles. The van der Waals surface area contributed by atoms with E-state index in [0.717, 1.165) is 41.0 Å². The van der Waals surface area contributed by atoms with Gasteiger partial charge in [0, 0.05) is 30.8 Å². The second-order valence-corrected chi connectivity index (χ2v) is 7.57. The summed E-state index contributed by atoms with van der Waals surface area (Å²) >= 11 is 0. The molecular weight excluding hydrogens is 312 g/mol. The first-order valence-corrected chi connectivity index (χ1v) is 9.04. The zero-order valence-electron chi connectivity index (χ0n) is 14.3. The molecule has 4 nitrogen and oxygen atoms in total. The molecule has 2 heterocycles. The first kappa shape index (κ1) is 15.0. The minimum Gasteiger partial charge on any atom is -0.457 e. The number of hydrogen-bond acceptors (Lipinski definition) is 3. The Morgan fingerprint density at radius 1 is 1.04 bits per heavy atom. The Labute approximate surface area is 147 Å². The van der Waals surface area contributed by atoms with Crippen molar-refractivity contribution in [2.75, 3.05) is 26.7 Å². The lowest BCUT2D eigenvalue weighted by atomic mass is 9.87. The molecular formula is C21H22N2O2. The maximum atomic E-state index is 13.1. The van der Waals surface area contributed by atoms with Gasteiger partial charge in [-0.1, -0.05) is 36.4 Å². The van der Waals surface area contributed by atoms with Gasteiger partial charge in [0.05, 0.1) is 5.92 Å². The number of hydrogen-bond donors (Lipinski definition) is 1. The van der Waals surface area contributed by atoms with Crippen LogP contribution in [-0.2, 0) is 4.79 Å². The summed E-state index contributed by atoms with van der Waals surface area (Å²) in [5.74, 6) is 3.58. The summed E-state index contributed by atoms with van der Waals surface area (Å²) in [5, 5.41) is 3.23. The van der Waals surface area contributed by atoms with Gasteiger partial charge in [-0.25, -0.2) is 0 Å². The van der Waals surface area contributed by atoms with Crippen molar-refractivity contribution in [1.29, 1.82) is 0 Å². The molecule has 3 atom stereocenters. The summed E-state index contributed by atoms with van der Waals surface area (Å²) in [6.45, 7) is 3.14. The van der Waals surface area contributed by atoms with E-state index in [-0.39, 0.29) is 11.8 Å². The van der Waals surface area contributed by atoms with E-state index >= 15 is 0 Å². The molecule has 128 valence electrons. The molecule has 2 fully saturated rings. The maximum absolute atomic E-state index is 13.1. The topological polar surface area (TPSA) is 41.6 Å². The smallest absolute Gasteiger partial charge is 0.232 e. The van der Waals surface area contributed by atoms with Crippen LogP contribution in [0.2, 0.25) is 0 Å². The van der Waals surface area contributed by atoms with Crippen molar-refractivity contribution < 1.29 is 9.53 Å². The van der Waals surface area contributed by atoms with Gasteiger partial charge in [-0.05, 0) is 36.9 Å². The van der Waals surface area contributed by atoms with Crippen LogP contribution < -0.4 is 10.1 Å². The Bertz CT molecular complexity index is 777. The van der Waals surface area contributed by atoms with Crippen LogP contribution in [-0.4, -0.2) is 37.5 Å². The van der Waals surface area contributed by atoms with E-state index in [2.05, 4.69) is 17.3 Å². The first-order chi connectivity index (χ1) is 12.2. The Balaban J connectivity index is 1.37. The summed E-state index contributed by atoms with van der Waals surface area (Å²) in [5.41, 5.74) is 1.91. The molecule has 0 spiro atoms.